The molecular formula is C12H16N3+. The molecule has 0 radical (unpaired) electrons. The molecule has 0 aliphatic heterocycles. The molecule has 0 bridgehead atoms. The molecule has 2 aromatic heterocycles. The zero-order valence-electron chi connectivity index (χ0n) is 9.44. The van der Waals surface area contributed by atoms with Crippen molar-refractivity contribution in [3.63, 3.8) is 0 Å². The predicted octanol–water partition coefficient (Wildman–Crippen LogP) is 1.37. The molecular weight excluding hydrogens is 186 g/mol. The van der Waals surface area contributed by atoms with Crippen LogP contribution in [-0.2, 0) is 13.6 Å². The Hall–Kier alpha value is -1.64. The van der Waals surface area contributed by atoms with Crippen LogP contribution < -0.4 is 4.57 Å². The van der Waals surface area contributed by atoms with Gasteiger partial charge in [-0.3, -0.25) is 4.98 Å². The third-order valence-corrected chi connectivity index (χ3v) is 2.85. The zero-order chi connectivity index (χ0) is 10.8. The van der Waals surface area contributed by atoms with Crippen molar-refractivity contribution in [1.82, 2.24) is 9.55 Å². The van der Waals surface area contributed by atoms with E-state index in [4.69, 9.17) is 0 Å². The molecule has 2 heterocycles. The summed E-state index contributed by atoms with van der Waals surface area (Å²) in [5.74, 6) is 0. The number of hydrogen-bond donors (Lipinski definition) is 0. The summed E-state index contributed by atoms with van der Waals surface area (Å²) in [6, 6.07) is 6.01. The highest BCUT2D eigenvalue weighted by Crippen LogP contribution is 2.05. The van der Waals surface area contributed by atoms with Crippen LogP contribution in [0, 0.1) is 13.8 Å². The minimum atomic E-state index is 0.842. The molecule has 0 saturated heterocycles. The molecule has 0 spiro atoms. The van der Waals surface area contributed by atoms with Crippen LogP contribution in [0.4, 0.5) is 0 Å². The van der Waals surface area contributed by atoms with Gasteiger partial charge in [0, 0.05) is 20.0 Å². The fourth-order valence-corrected chi connectivity index (χ4v) is 1.67. The van der Waals surface area contributed by atoms with Gasteiger partial charge in [0.05, 0.1) is 12.7 Å². The maximum atomic E-state index is 4.32. The SMILES string of the molecule is Cc1c(C)[n+](C)cn1Cc1ccccn1. The maximum absolute atomic E-state index is 4.32. The highest BCUT2D eigenvalue weighted by molar-refractivity contribution is 5.08. The largest absolute Gasteiger partial charge is 0.257 e. The van der Waals surface area contributed by atoms with E-state index in [1.807, 2.05) is 18.3 Å². The molecule has 0 aromatic carbocycles. The lowest BCUT2D eigenvalue weighted by Crippen LogP contribution is -2.28. The van der Waals surface area contributed by atoms with Crippen molar-refractivity contribution in [2.24, 2.45) is 7.05 Å². The van der Waals surface area contributed by atoms with E-state index in [9.17, 15) is 0 Å². The molecule has 0 unspecified atom stereocenters. The van der Waals surface area contributed by atoms with Crippen molar-refractivity contribution in [3.8, 4) is 0 Å². The lowest BCUT2D eigenvalue weighted by molar-refractivity contribution is -0.677. The van der Waals surface area contributed by atoms with Crippen LogP contribution in [0.5, 0.6) is 0 Å². The Kier molecular flexibility index (Phi) is 2.54. The summed E-state index contributed by atoms with van der Waals surface area (Å²) in [7, 11) is 2.07. The number of rotatable bonds is 2. The number of hydrogen-bond acceptors (Lipinski definition) is 1. The van der Waals surface area contributed by atoms with E-state index in [0.717, 1.165) is 12.2 Å². The molecule has 0 amide bonds. The number of nitrogens with zero attached hydrogens (tertiary/aromatic N) is 3. The Morgan fingerprint density at radius 3 is 2.67 bits per heavy atom. The summed E-state index contributed by atoms with van der Waals surface area (Å²) in [5.41, 5.74) is 3.69. The van der Waals surface area contributed by atoms with Crippen LogP contribution in [0.15, 0.2) is 30.7 Å². The van der Waals surface area contributed by atoms with Crippen molar-refractivity contribution >= 4 is 0 Å². The molecule has 78 valence electrons. The first-order valence-corrected chi connectivity index (χ1v) is 5.10. The zero-order valence-corrected chi connectivity index (χ0v) is 9.44. The van der Waals surface area contributed by atoms with Crippen LogP contribution in [0.1, 0.15) is 17.1 Å². The maximum Gasteiger partial charge on any atom is 0.244 e. The lowest BCUT2D eigenvalue weighted by Gasteiger charge is -1.97. The Bertz CT molecular complexity index is 457. The Morgan fingerprint density at radius 2 is 2.13 bits per heavy atom. The van der Waals surface area contributed by atoms with Gasteiger partial charge in [-0.25, -0.2) is 9.13 Å². The first-order valence-electron chi connectivity index (χ1n) is 5.10. The van der Waals surface area contributed by atoms with Gasteiger partial charge in [0.2, 0.25) is 6.33 Å². The van der Waals surface area contributed by atoms with Crippen LogP contribution in [-0.4, -0.2) is 9.55 Å². The number of aromatic nitrogens is 3. The van der Waals surface area contributed by atoms with Crippen molar-refractivity contribution < 1.29 is 4.57 Å². The fourth-order valence-electron chi connectivity index (χ4n) is 1.67. The van der Waals surface area contributed by atoms with E-state index in [0.29, 0.717) is 0 Å². The molecule has 3 heteroatoms. The van der Waals surface area contributed by atoms with E-state index in [1.54, 1.807) is 0 Å². The van der Waals surface area contributed by atoms with Gasteiger partial charge in [0.25, 0.3) is 0 Å². The van der Waals surface area contributed by atoms with Crippen molar-refractivity contribution in [1.29, 1.82) is 0 Å². The quantitative estimate of drug-likeness (QED) is 0.674. The molecule has 2 aromatic rings. The van der Waals surface area contributed by atoms with E-state index in [2.05, 4.69) is 47.4 Å². The third-order valence-electron chi connectivity index (χ3n) is 2.85. The molecule has 0 aliphatic rings. The number of aryl methyl sites for hydroxylation is 1. The smallest absolute Gasteiger partial charge is 0.244 e. The molecule has 0 N–H and O–H groups in total. The highest BCUT2D eigenvalue weighted by atomic mass is 15.1. The summed E-state index contributed by atoms with van der Waals surface area (Å²) < 4.78 is 4.36. The van der Waals surface area contributed by atoms with Crippen molar-refractivity contribution in [2.45, 2.75) is 20.4 Å². The molecule has 2 rings (SSSR count). The lowest BCUT2D eigenvalue weighted by atomic mass is 10.3. The van der Waals surface area contributed by atoms with E-state index in [-0.39, 0.29) is 0 Å². The van der Waals surface area contributed by atoms with E-state index >= 15 is 0 Å². The average Bonchev–Trinajstić information content (AvgIpc) is 2.48. The first-order chi connectivity index (χ1) is 7.18. The molecule has 0 aliphatic carbocycles. The fraction of sp³-hybridized carbons (Fsp3) is 0.333. The Balaban J connectivity index is 2.29. The predicted molar refractivity (Wildman–Crippen MR) is 58.4 cm³/mol. The highest BCUT2D eigenvalue weighted by Gasteiger charge is 2.13. The topological polar surface area (TPSA) is 21.7 Å². The minimum absolute atomic E-state index is 0.842. The van der Waals surface area contributed by atoms with E-state index < -0.39 is 0 Å². The summed E-state index contributed by atoms with van der Waals surface area (Å²) in [6.07, 6.45) is 3.94. The Labute approximate surface area is 90.0 Å². The van der Waals surface area contributed by atoms with Gasteiger partial charge < -0.3 is 0 Å². The second kappa shape index (κ2) is 3.85. The summed E-state index contributed by atoms with van der Waals surface area (Å²) >= 11 is 0. The minimum Gasteiger partial charge on any atom is -0.257 e. The average molecular weight is 202 g/mol. The van der Waals surface area contributed by atoms with Gasteiger partial charge >= 0.3 is 0 Å². The van der Waals surface area contributed by atoms with Crippen LogP contribution in [0.3, 0.4) is 0 Å². The first kappa shape index (κ1) is 9.90. The van der Waals surface area contributed by atoms with Crippen molar-refractivity contribution in [3.05, 3.63) is 47.8 Å². The monoisotopic (exact) mass is 202 g/mol. The van der Waals surface area contributed by atoms with Gasteiger partial charge in [-0.1, -0.05) is 6.07 Å². The summed E-state index contributed by atoms with van der Waals surface area (Å²) in [4.78, 5) is 4.32. The standard InChI is InChI=1S/C12H16N3/c1-10-11(2)15(9-14(10)3)8-12-6-4-5-7-13-12/h4-7,9H,8H2,1-3H3/q+1. The van der Waals surface area contributed by atoms with Crippen LogP contribution in [0.2, 0.25) is 0 Å². The van der Waals surface area contributed by atoms with Gasteiger partial charge in [-0.05, 0) is 12.1 Å². The third kappa shape index (κ3) is 1.91. The van der Waals surface area contributed by atoms with Crippen molar-refractivity contribution in [2.75, 3.05) is 0 Å². The van der Waals surface area contributed by atoms with Crippen LogP contribution in [0.25, 0.3) is 0 Å². The van der Waals surface area contributed by atoms with Crippen LogP contribution >= 0.6 is 0 Å². The summed E-state index contributed by atoms with van der Waals surface area (Å²) in [6.45, 7) is 5.11. The second-order valence-electron chi connectivity index (χ2n) is 3.85. The molecule has 3 nitrogen and oxygen atoms in total. The molecule has 15 heavy (non-hydrogen) atoms. The summed E-state index contributed by atoms with van der Waals surface area (Å²) in [5, 5.41) is 0. The number of imidazole rings is 1. The van der Waals surface area contributed by atoms with Gasteiger partial charge in [-0.2, -0.15) is 0 Å². The molecule has 0 atom stereocenters. The second-order valence-corrected chi connectivity index (χ2v) is 3.85. The molecule has 0 saturated carbocycles. The van der Waals surface area contributed by atoms with Gasteiger partial charge in [-0.15, -0.1) is 0 Å². The Morgan fingerprint density at radius 1 is 1.33 bits per heavy atom. The number of pyridine rings is 1. The van der Waals surface area contributed by atoms with Gasteiger partial charge in [0.1, 0.15) is 17.9 Å². The van der Waals surface area contributed by atoms with Gasteiger partial charge in [0.15, 0.2) is 0 Å². The normalized spacial score (nSPS) is 10.6. The van der Waals surface area contributed by atoms with E-state index in [1.165, 1.54) is 11.4 Å². The molecule has 0 fully saturated rings.